The van der Waals surface area contributed by atoms with Crippen LogP contribution in [0, 0.1) is 29.1 Å². The topological polar surface area (TPSA) is 118 Å². The number of likely N-dealkylation sites (tertiary alicyclic amines) is 1. The van der Waals surface area contributed by atoms with Crippen LogP contribution in [-0.4, -0.2) is 68.7 Å². The lowest BCUT2D eigenvalue weighted by Gasteiger charge is -2.41. The fourth-order valence-corrected chi connectivity index (χ4v) is 8.25. The molecule has 0 radical (unpaired) electrons. The van der Waals surface area contributed by atoms with E-state index in [1.807, 2.05) is 53.6 Å². The Morgan fingerprint density at radius 3 is 2.51 bits per heavy atom. The van der Waals surface area contributed by atoms with Crippen molar-refractivity contribution in [3.63, 3.8) is 0 Å². The van der Waals surface area contributed by atoms with Gasteiger partial charge in [0, 0.05) is 73.6 Å². The van der Waals surface area contributed by atoms with E-state index in [1.54, 1.807) is 7.11 Å². The van der Waals surface area contributed by atoms with Crippen molar-refractivity contribution in [3.8, 4) is 23.3 Å². The second kappa shape index (κ2) is 10.8. The predicted octanol–water partition coefficient (Wildman–Crippen LogP) is 5.04. The van der Waals surface area contributed by atoms with Crippen molar-refractivity contribution in [1.29, 1.82) is 5.26 Å². The molecule has 3 atom stereocenters. The van der Waals surface area contributed by atoms with E-state index >= 15 is 0 Å². The Morgan fingerprint density at radius 1 is 1.00 bits per heavy atom. The zero-order valence-corrected chi connectivity index (χ0v) is 26.5. The number of nitrogens with zero attached hydrogens (tertiary/aromatic N) is 7. The molecule has 2 aliphatic heterocycles. The van der Waals surface area contributed by atoms with Crippen LogP contribution in [0.15, 0.2) is 60.8 Å². The Bertz CT molecular complexity index is 2060. The Hall–Kier alpha value is -4.88. The van der Waals surface area contributed by atoms with Gasteiger partial charge in [0.15, 0.2) is 5.82 Å². The van der Waals surface area contributed by atoms with Gasteiger partial charge in [-0.25, -0.2) is 9.97 Å². The molecule has 4 fully saturated rings. The molecule has 238 valence electrons. The first-order valence-corrected chi connectivity index (χ1v) is 16.8. The molecule has 4 aliphatic rings. The van der Waals surface area contributed by atoms with Gasteiger partial charge in [-0.1, -0.05) is 0 Å². The van der Waals surface area contributed by atoms with Gasteiger partial charge < -0.3 is 29.4 Å². The standard InChI is InChI=1S/C37H38N8O2/c1-47-32-15-27(37(46)44-21-26-8-11-30(44)33(26)39)13-29-34(32)45(20-24-17-42(18-24)28-9-6-22(16-38)7-10-28)36(41-29)31-14-25-3-2-12-40-35(25)43(31)19-23-4-5-23/h2-3,6-7,9-10,12-15,23-24,26,30,33H,4-5,8,11,17-21,39H2,1H3/t26-,30-,33-/m1/s1. The van der Waals surface area contributed by atoms with Gasteiger partial charge in [0.2, 0.25) is 0 Å². The monoisotopic (exact) mass is 626 g/mol. The van der Waals surface area contributed by atoms with Crippen LogP contribution in [0.5, 0.6) is 5.75 Å². The number of anilines is 1. The number of ether oxygens (including phenoxy) is 1. The van der Waals surface area contributed by atoms with Gasteiger partial charge in [0.25, 0.3) is 5.91 Å². The molecule has 3 aromatic heterocycles. The molecule has 1 amide bonds. The number of pyridine rings is 1. The van der Waals surface area contributed by atoms with Crippen LogP contribution in [0.1, 0.15) is 41.6 Å². The summed E-state index contributed by atoms with van der Waals surface area (Å²) in [7, 11) is 1.68. The van der Waals surface area contributed by atoms with E-state index in [0.717, 1.165) is 84.8 Å². The summed E-state index contributed by atoms with van der Waals surface area (Å²) >= 11 is 0. The molecule has 10 heteroatoms. The molecule has 10 nitrogen and oxygen atoms in total. The summed E-state index contributed by atoms with van der Waals surface area (Å²) in [5.74, 6) is 2.96. The molecule has 0 spiro atoms. The smallest absolute Gasteiger partial charge is 0.254 e. The minimum Gasteiger partial charge on any atom is -0.494 e. The summed E-state index contributed by atoms with van der Waals surface area (Å²) in [6, 6.07) is 20.3. The highest BCUT2D eigenvalue weighted by atomic mass is 16.5. The quantitative estimate of drug-likeness (QED) is 0.256. The average Bonchev–Trinajstić information content (AvgIpc) is 3.44. The molecule has 2 saturated carbocycles. The zero-order chi connectivity index (χ0) is 31.8. The Kier molecular flexibility index (Phi) is 6.54. The summed E-state index contributed by atoms with van der Waals surface area (Å²) in [5.41, 5.74) is 12.6. The van der Waals surface area contributed by atoms with E-state index in [9.17, 15) is 10.1 Å². The molecule has 5 aromatic rings. The maximum atomic E-state index is 13.9. The zero-order valence-electron chi connectivity index (χ0n) is 26.5. The molecule has 0 unspecified atom stereocenters. The van der Waals surface area contributed by atoms with Crippen LogP contribution >= 0.6 is 0 Å². The van der Waals surface area contributed by atoms with E-state index in [2.05, 4.69) is 32.2 Å². The highest BCUT2D eigenvalue weighted by molar-refractivity contribution is 6.00. The third kappa shape index (κ3) is 4.67. The van der Waals surface area contributed by atoms with E-state index in [4.69, 9.17) is 20.4 Å². The summed E-state index contributed by atoms with van der Waals surface area (Å²) in [6.45, 7) is 4.18. The molecule has 2 bridgehead atoms. The first kappa shape index (κ1) is 28.4. The number of benzene rings is 2. The minimum absolute atomic E-state index is 0.00745. The number of imidazole rings is 1. The largest absolute Gasteiger partial charge is 0.494 e. The number of hydrogen-bond acceptors (Lipinski definition) is 7. The Balaban J connectivity index is 1.13. The maximum Gasteiger partial charge on any atom is 0.254 e. The predicted molar refractivity (Wildman–Crippen MR) is 180 cm³/mol. The van der Waals surface area contributed by atoms with Gasteiger partial charge in [-0.3, -0.25) is 4.79 Å². The fraction of sp³-hybridized carbons (Fsp3) is 0.405. The number of hydrogen-bond donors (Lipinski definition) is 1. The first-order valence-electron chi connectivity index (χ1n) is 16.8. The van der Waals surface area contributed by atoms with Crippen molar-refractivity contribution in [2.45, 2.75) is 50.9 Å². The number of aromatic nitrogens is 4. The number of nitriles is 1. The summed E-state index contributed by atoms with van der Waals surface area (Å²) in [4.78, 5) is 28.4. The van der Waals surface area contributed by atoms with Crippen molar-refractivity contribution >= 4 is 33.7 Å². The summed E-state index contributed by atoms with van der Waals surface area (Å²) < 4.78 is 10.7. The lowest BCUT2D eigenvalue weighted by atomic mass is 9.98. The molecular weight excluding hydrogens is 588 g/mol. The lowest BCUT2D eigenvalue weighted by molar-refractivity contribution is 0.0700. The van der Waals surface area contributed by atoms with Gasteiger partial charge in [0.05, 0.1) is 30.0 Å². The van der Waals surface area contributed by atoms with Crippen molar-refractivity contribution in [2.75, 3.05) is 31.6 Å². The van der Waals surface area contributed by atoms with E-state index in [0.29, 0.717) is 34.6 Å². The lowest BCUT2D eigenvalue weighted by Crippen LogP contribution is -2.48. The number of amides is 1. The third-order valence-electron chi connectivity index (χ3n) is 11.0. The highest BCUT2D eigenvalue weighted by Gasteiger charge is 2.47. The van der Waals surface area contributed by atoms with Gasteiger partial charge in [-0.15, -0.1) is 0 Å². The molecule has 2 N–H and O–H groups in total. The Labute approximate surface area is 273 Å². The summed E-state index contributed by atoms with van der Waals surface area (Å²) in [5, 5.41) is 10.3. The van der Waals surface area contributed by atoms with E-state index in [1.165, 1.54) is 12.8 Å². The van der Waals surface area contributed by atoms with Gasteiger partial charge in [-0.05, 0) is 92.1 Å². The molecule has 2 saturated heterocycles. The van der Waals surface area contributed by atoms with Crippen molar-refractivity contribution in [2.24, 2.45) is 23.5 Å². The molecule has 2 aromatic carbocycles. The molecule has 5 heterocycles. The van der Waals surface area contributed by atoms with E-state index < -0.39 is 0 Å². The first-order chi connectivity index (χ1) is 23.0. The highest BCUT2D eigenvalue weighted by Crippen LogP contribution is 2.41. The van der Waals surface area contributed by atoms with Crippen molar-refractivity contribution < 1.29 is 9.53 Å². The number of rotatable bonds is 8. The van der Waals surface area contributed by atoms with Crippen LogP contribution in [0.4, 0.5) is 5.69 Å². The summed E-state index contributed by atoms with van der Waals surface area (Å²) in [6.07, 6.45) is 6.39. The minimum atomic E-state index is 0.00745. The molecule has 2 aliphatic carbocycles. The fourth-order valence-electron chi connectivity index (χ4n) is 8.25. The van der Waals surface area contributed by atoms with Crippen molar-refractivity contribution in [3.05, 3.63) is 71.9 Å². The van der Waals surface area contributed by atoms with Crippen molar-refractivity contribution in [1.82, 2.24) is 24.0 Å². The normalized spacial score (nSPS) is 22.3. The van der Waals surface area contributed by atoms with Gasteiger partial charge >= 0.3 is 0 Å². The Morgan fingerprint density at radius 2 is 1.81 bits per heavy atom. The number of carbonyl (C=O) groups excluding carboxylic acids is 1. The third-order valence-corrected chi connectivity index (χ3v) is 11.0. The number of carbonyl (C=O) groups is 1. The van der Waals surface area contributed by atoms with Gasteiger partial charge in [-0.2, -0.15) is 5.26 Å². The maximum absolute atomic E-state index is 13.9. The van der Waals surface area contributed by atoms with Crippen LogP contribution < -0.4 is 15.4 Å². The number of fused-ring (bicyclic) bond motifs is 4. The number of methoxy groups -OCH3 is 1. The van der Waals surface area contributed by atoms with Crippen LogP contribution in [-0.2, 0) is 13.1 Å². The number of piperidine rings is 1. The molecule has 9 rings (SSSR count). The average molecular weight is 627 g/mol. The van der Waals surface area contributed by atoms with Crippen LogP contribution in [0.3, 0.4) is 0 Å². The second-order valence-electron chi connectivity index (χ2n) is 14.0. The van der Waals surface area contributed by atoms with Gasteiger partial charge in [0.1, 0.15) is 16.9 Å². The number of nitrogens with two attached hydrogens (primary N) is 1. The van der Waals surface area contributed by atoms with E-state index in [-0.39, 0.29) is 18.0 Å². The SMILES string of the molecule is COc1cc(C(=O)N2C[C@H]3CC[C@@H]2[C@@H]3N)cc2nc(-c3cc4cccnc4n3CC3CC3)n(CC3CN(c4ccc(C#N)cc4)C3)c12. The second-order valence-corrected chi connectivity index (χ2v) is 14.0. The van der Waals surface area contributed by atoms with Crippen LogP contribution in [0.2, 0.25) is 0 Å². The molecule has 47 heavy (non-hydrogen) atoms. The molecular formula is C37H38N8O2. The van der Waals surface area contributed by atoms with Crippen LogP contribution in [0.25, 0.3) is 33.6 Å².